The van der Waals surface area contributed by atoms with E-state index in [1.54, 1.807) is 0 Å². The van der Waals surface area contributed by atoms with Crippen molar-refractivity contribution in [1.82, 2.24) is 4.90 Å². The van der Waals surface area contributed by atoms with Crippen molar-refractivity contribution < 1.29 is 4.79 Å². The van der Waals surface area contributed by atoms with Crippen LogP contribution in [0.1, 0.15) is 24.8 Å². The summed E-state index contributed by atoms with van der Waals surface area (Å²) < 4.78 is 1.02. The lowest BCUT2D eigenvalue weighted by molar-refractivity contribution is -0.130. The summed E-state index contributed by atoms with van der Waals surface area (Å²) in [6.45, 7) is 1.85. The first-order valence-corrected chi connectivity index (χ1v) is 7.05. The third-order valence-corrected chi connectivity index (χ3v) is 4.08. The van der Waals surface area contributed by atoms with E-state index >= 15 is 0 Å². The van der Waals surface area contributed by atoms with Crippen molar-refractivity contribution in [2.45, 2.75) is 25.7 Å². The lowest BCUT2D eigenvalue weighted by atomic mass is 10.1. The Morgan fingerprint density at radius 2 is 2.06 bits per heavy atom. The van der Waals surface area contributed by atoms with Crippen molar-refractivity contribution >= 4 is 33.4 Å². The number of hydrogen-bond donors (Lipinski definition) is 0. The molecule has 2 rings (SSSR count). The van der Waals surface area contributed by atoms with E-state index in [1.165, 1.54) is 0 Å². The summed E-state index contributed by atoms with van der Waals surface area (Å²) >= 11 is 9.42. The minimum absolute atomic E-state index is 0.259. The molecule has 0 spiro atoms. The lowest BCUT2D eigenvalue weighted by Crippen LogP contribution is -2.27. The van der Waals surface area contributed by atoms with Crippen LogP contribution in [-0.2, 0) is 11.2 Å². The third-order valence-electron chi connectivity index (χ3n) is 3.07. The first kappa shape index (κ1) is 12.9. The average Bonchev–Trinajstić information content (AvgIpc) is 2.83. The predicted octanol–water partition coefficient (Wildman–Crippen LogP) is 3.66. The van der Waals surface area contributed by atoms with Gasteiger partial charge in [-0.3, -0.25) is 4.79 Å². The number of carbonyl (C=O) groups is 1. The van der Waals surface area contributed by atoms with Crippen LogP contribution in [0.25, 0.3) is 0 Å². The second-order valence-corrected chi connectivity index (χ2v) is 5.61. The van der Waals surface area contributed by atoms with Crippen LogP contribution in [-0.4, -0.2) is 23.9 Å². The van der Waals surface area contributed by atoms with Crippen LogP contribution >= 0.6 is 27.5 Å². The van der Waals surface area contributed by atoms with E-state index in [-0.39, 0.29) is 5.91 Å². The Hall–Kier alpha value is -0.540. The molecule has 1 aliphatic rings. The highest BCUT2D eigenvalue weighted by Crippen LogP contribution is 2.23. The van der Waals surface area contributed by atoms with Gasteiger partial charge in [-0.1, -0.05) is 27.5 Å². The van der Waals surface area contributed by atoms with Crippen LogP contribution < -0.4 is 0 Å². The largest absolute Gasteiger partial charge is 0.343 e. The van der Waals surface area contributed by atoms with Gasteiger partial charge < -0.3 is 4.90 Å². The smallest absolute Gasteiger partial charge is 0.222 e. The molecule has 0 N–H and O–H groups in total. The summed E-state index contributed by atoms with van der Waals surface area (Å²) in [6, 6.07) is 5.69. The molecule has 1 fully saturated rings. The second kappa shape index (κ2) is 5.87. The van der Waals surface area contributed by atoms with Crippen molar-refractivity contribution in [2.24, 2.45) is 0 Å². The highest BCUT2D eigenvalue weighted by Gasteiger charge is 2.17. The van der Waals surface area contributed by atoms with Gasteiger partial charge in [-0.05, 0) is 43.0 Å². The van der Waals surface area contributed by atoms with Crippen LogP contribution in [0.2, 0.25) is 5.02 Å². The monoisotopic (exact) mass is 315 g/mol. The molecule has 1 saturated heterocycles. The van der Waals surface area contributed by atoms with Gasteiger partial charge in [0.25, 0.3) is 0 Å². The maximum Gasteiger partial charge on any atom is 0.222 e. The zero-order valence-electron chi connectivity index (χ0n) is 9.59. The minimum Gasteiger partial charge on any atom is -0.343 e. The highest BCUT2D eigenvalue weighted by molar-refractivity contribution is 9.10. The molecular formula is C13H15BrClNO. The first-order valence-electron chi connectivity index (χ1n) is 5.88. The minimum atomic E-state index is 0.259. The molecule has 1 aliphatic heterocycles. The molecule has 0 radical (unpaired) electrons. The number of hydrogen-bond acceptors (Lipinski definition) is 1. The summed E-state index contributed by atoms with van der Waals surface area (Å²) in [4.78, 5) is 13.8. The standard InChI is InChI=1S/C13H15BrClNO/c14-12-5-4-11(15)9-10(12)3-6-13(17)16-7-1-2-8-16/h4-5,9H,1-3,6-8H2. The van der Waals surface area contributed by atoms with Crippen LogP contribution in [0, 0.1) is 0 Å². The van der Waals surface area contributed by atoms with Gasteiger partial charge in [-0.2, -0.15) is 0 Å². The van der Waals surface area contributed by atoms with Crippen molar-refractivity contribution in [3.05, 3.63) is 33.3 Å². The average molecular weight is 317 g/mol. The van der Waals surface area contributed by atoms with Crippen LogP contribution in [0.5, 0.6) is 0 Å². The van der Waals surface area contributed by atoms with E-state index in [2.05, 4.69) is 15.9 Å². The molecule has 0 unspecified atom stereocenters. The third kappa shape index (κ3) is 3.46. The van der Waals surface area contributed by atoms with Gasteiger partial charge in [0.15, 0.2) is 0 Å². The van der Waals surface area contributed by atoms with Gasteiger partial charge in [0.05, 0.1) is 0 Å². The van der Waals surface area contributed by atoms with E-state index in [1.807, 2.05) is 23.1 Å². The Balaban J connectivity index is 1.92. The Labute approximate surface area is 115 Å². The van der Waals surface area contributed by atoms with Crippen LogP contribution in [0.3, 0.4) is 0 Å². The van der Waals surface area contributed by atoms with E-state index < -0.39 is 0 Å². The number of amides is 1. The molecule has 1 amide bonds. The normalized spacial score (nSPS) is 15.3. The second-order valence-electron chi connectivity index (χ2n) is 4.32. The summed E-state index contributed by atoms with van der Waals surface area (Å²) in [5.41, 5.74) is 1.10. The predicted molar refractivity (Wildman–Crippen MR) is 73.3 cm³/mol. The van der Waals surface area contributed by atoms with Gasteiger partial charge in [0.2, 0.25) is 5.91 Å². The first-order chi connectivity index (χ1) is 8.16. The van der Waals surface area contributed by atoms with Crippen molar-refractivity contribution in [3.63, 3.8) is 0 Å². The molecule has 0 atom stereocenters. The molecule has 1 aromatic carbocycles. The fourth-order valence-corrected chi connectivity index (χ4v) is 2.74. The summed E-state index contributed by atoms with van der Waals surface area (Å²) in [5.74, 6) is 0.259. The van der Waals surface area contributed by atoms with Gasteiger partial charge in [0.1, 0.15) is 0 Å². The molecule has 2 nitrogen and oxygen atoms in total. The summed E-state index contributed by atoms with van der Waals surface area (Å²) in [5, 5.41) is 0.719. The van der Waals surface area contributed by atoms with E-state index in [9.17, 15) is 4.79 Å². The highest BCUT2D eigenvalue weighted by atomic mass is 79.9. The number of carbonyl (C=O) groups excluding carboxylic acids is 1. The summed E-state index contributed by atoms with van der Waals surface area (Å²) in [7, 11) is 0. The molecule has 0 saturated carbocycles. The summed E-state index contributed by atoms with van der Waals surface area (Å²) in [6.07, 6.45) is 3.61. The van der Waals surface area contributed by atoms with E-state index in [0.29, 0.717) is 6.42 Å². The molecule has 4 heteroatoms. The Morgan fingerprint density at radius 3 is 2.76 bits per heavy atom. The SMILES string of the molecule is O=C(CCc1cc(Cl)ccc1Br)N1CCCC1. The molecule has 92 valence electrons. The number of rotatable bonds is 3. The Bertz CT molecular complexity index is 416. The van der Waals surface area contributed by atoms with Crippen molar-refractivity contribution in [2.75, 3.05) is 13.1 Å². The topological polar surface area (TPSA) is 20.3 Å². The van der Waals surface area contributed by atoms with Crippen LogP contribution in [0.15, 0.2) is 22.7 Å². The van der Waals surface area contributed by atoms with Gasteiger partial charge in [-0.15, -0.1) is 0 Å². The van der Waals surface area contributed by atoms with E-state index in [4.69, 9.17) is 11.6 Å². The Morgan fingerprint density at radius 1 is 1.35 bits per heavy atom. The van der Waals surface area contributed by atoms with E-state index in [0.717, 1.165) is 47.4 Å². The quantitative estimate of drug-likeness (QED) is 0.833. The van der Waals surface area contributed by atoms with Gasteiger partial charge in [-0.25, -0.2) is 0 Å². The van der Waals surface area contributed by atoms with Crippen LogP contribution in [0.4, 0.5) is 0 Å². The zero-order valence-corrected chi connectivity index (χ0v) is 11.9. The maximum absolute atomic E-state index is 11.9. The Kier molecular flexibility index (Phi) is 4.46. The van der Waals surface area contributed by atoms with Gasteiger partial charge in [0, 0.05) is 29.0 Å². The molecule has 17 heavy (non-hydrogen) atoms. The fourth-order valence-electron chi connectivity index (χ4n) is 2.10. The van der Waals surface area contributed by atoms with Crippen molar-refractivity contribution in [1.29, 1.82) is 0 Å². The molecule has 0 bridgehead atoms. The van der Waals surface area contributed by atoms with Crippen molar-refractivity contribution in [3.8, 4) is 0 Å². The fraction of sp³-hybridized carbons (Fsp3) is 0.462. The number of benzene rings is 1. The van der Waals surface area contributed by atoms with Gasteiger partial charge >= 0.3 is 0 Å². The lowest BCUT2D eigenvalue weighted by Gasteiger charge is -2.15. The number of aryl methyl sites for hydroxylation is 1. The number of nitrogens with zero attached hydrogens (tertiary/aromatic N) is 1. The maximum atomic E-state index is 11.9. The number of likely N-dealkylation sites (tertiary alicyclic amines) is 1. The molecule has 0 aliphatic carbocycles. The molecular weight excluding hydrogens is 302 g/mol. The zero-order chi connectivity index (χ0) is 12.3. The number of halogens is 2. The molecule has 0 aromatic heterocycles. The molecule has 1 aromatic rings. The molecule has 1 heterocycles.